The molecule has 1 aliphatic heterocycles. The molecule has 7 nitrogen and oxygen atoms in total. The number of thioether (sulfide) groups is 1. The fourth-order valence-corrected chi connectivity index (χ4v) is 5.22. The monoisotopic (exact) mass is 480 g/mol. The Morgan fingerprint density at radius 1 is 0.914 bits per heavy atom. The van der Waals surface area contributed by atoms with Gasteiger partial charge >= 0.3 is 0 Å². The predicted octanol–water partition coefficient (Wildman–Crippen LogP) is 5.46. The van der Waals surface area contributed by atoms with Gasteiger partial charge in [0.25, 0.3) is 0 Å². The van der Waals surface area contributed by atoms with Gasteiger partial charge in [-0.1, -0.05) is 17.8 Å². The first kappa shape index (κ1) is 21.7. The lowest BCUT2D eigenvalue weighted by Crippen LogP contribution is -1.99. The highest BCUT2D eigenvalue weighted by Gasteiger charge is 2.25. The molecule has 0 unspecified atom stereocenters. The average Bonchev–Trinajstić information content (AvgIpc) is 3.51. The van der Waals surface area contributed by atoms with Crippen LogP contribution < -0.4 is 4.74 Å². The number of ether oxygens (including phenoxy) is 1. The second-order valence-electron chi connectivity index (χ2n) is 8.33. The number of pyridine rings is 2. The molecule has 5 heterocycles. The van der Waals surface area contributed by atoms with Gasteiger partial charge in [0.2, 0.25) is 0 Å². The van der Waals surface area contributed by atoms with Gasteiger partial charge in [-0.15, -0.1) is 0 Å². The summed E-state index contributed by atoms with van der Waals surface area (Å²) in [5, 5.41) is 6.83. The first-order valence-corrected chi connectivity index (χ1v) is 12.8. The van der Waals surface area contributed by atoms with Gasteiger partial charge in [-0.3, -0.25) is 14.6 Å². The molecule has 0 saturated carbocycles. The molecule has 0 radical (unpaired) electrons. The Morgan fingerprint density at radius 2 is 1.83 bits per heavy atom. The van der Waals surface area contributed by atoms with Crippen molar-refractivity contribution in [2.75, 3.05) is 12.4 Å². The Labute approximate surface area is 207 Å². The van der Waals surface area contributed by atoms with Crippen molar-refractivity contribution in [2.24, 2.45) is 0 Å². The van der Waals surface area contributed by atoms with Crippen LogP contribution in [0.25, 0.3) is 33.4 Å². The molecular weight excluding hydrogens is 456 g/mol. The lowest BCUT2D eigenvalue weighted by Gasteiger charge is -2.11. The fourth-order valence-electron chi connectivity index (χ4n) is 4.51. The zero-order chi connectivity index (χ0) is 23.5. The van der Waals surface area contributed by atoms with Crippen molar-refractivity contribution >= 4 is 22.7 Å². The molecule has 0 fully saturated rings. The third-order valence-electron chi connectivity index (χ3n) is 6.06. The lowest BCUT2D eigenvalue weighted by molar-refractivity contribution is 0.319. The molecule has 0 saturated heterocycles. The second kappa shape index (κ2) is 9.84. The Bertz CT molecular complexity index is 1460. The van der Waals surface area contributed by atoms with Crippen molar-refractivity contribution in [3.8, 4) is 28.3 Å². The number of aryl methyl sites for hydroxylation is 1. The Kier molecular flexibility index (Phi) is 6.11. The lowest BCUT2D eigenvalue weighted by atomic mass is 9.96. The molecule has 8 heteroatoms. The first-order valence-electron chi connectivity index (χ1n) is 11.8. The van der Waals surface area contributed by atoms with E-state index in [1.165, 1.54) is 11.3 Å². The highest BCUT2D eigenvalue weighted by molar-refractivity contribution is 7.99. The Morgan fingerprint density at radius 3 is 2.71 bits per heavy atom. The van der Waals surface area contributed by atoms with E-state index in [1.54, 1.807) is 24.2 Å². The standard InChI is InChI=1S/C27H24N6OS/c1-2-11-28-22(6-1)26-25(24-7-3-15-33(24)32-26)21-10-14-29-23-18-19(8-9-20(21)23)34-16-5-17-35-27-30-12-4-13-31-27/h1-2,4,6,8-14,18H,3,5,7,15-17H2. The minimum absolute atomic E-state index is 0.631. The van der Waals surface area contributed by atoms with E-state index in [0.29, 0.717) is 6.61 Å². The summed E-state index contributed by atoms with van der Waals surface area (Å²) in [7, 11) is 0. The van der Waals surface area contributed by atoms with Crippen LogP contribution in [0.3, 0.4) is 0 Å². The van der Waals surface area contributed by atoms with Gasteiger partial charge < -0.3 is 4.74 Å². The van der Waals surface area contributed by atoms with Crippen LogP contribution in [-0.2, 0) is 13.0 Å². The summed E-state index contributed by atoms with van der Waals surface area (Å²) in [6.07, 6.45) is 10.3. The Hall–Kier alpha value is -3.78. The normalized spacial score (nSPS) is 12.7. The second-order valence-corrected chi connectivity index (χ2v) is 9.39. The zero-order valence-electron chi connectivity index (χ0n) is 19.2. The van der Waals surface area contributed by atoms with Gasteiger partial charge in [0.15, 0.2) is 5.16 Å². The van der Waals surface area contributed by atoms with Crippen LogP contribution in [0.1, 0.15) is 18.5 Å². The molecule has 35 heavy (non-hydrogen) atoms. The van der Waals surface area contributed by atoms with Crippen LogP contribution in [0.5, 0.6) is 5.75 Å². The van der Waals surface area contributed by atoms with Crippen molar-refractivity contribution < 1.29 is 4.74 Å². The summed E-state index contributed by atoms with van der Waals surface area (Å²) in [4.78, 5) is 17.7. The third-order valence-corrected chi connectivity index (χ3v) is 7.02. The summed E-state index contributed by atoms with van der Waals surface area (Å²) in [6, 6.07) is 16.1. The van der Waals surface area contributed by atoms with Gasteiger partial charge in [-0.05, 0) is 61.2 Å². The number of hydrogen-bond acceptors (Lipinski definition) is 7. The molecule has 0 aliphatic carbocycles. The van der Waals surface area contributed by atoms with E-state index in [2.05, 4.69) is 36.8 Å². The van der Waals surface area contributed by atoms with Crippen LogP contribution in [0.2, 0.25) is 0 Å². The molecule has 0 bridgehead atoms. The molecule has 5 aromatic rings. The van der Waals surface area contributed by atoms with Gasteiger partial charge in [0.1, 0.15) is 11.4 Å². The van der Waals surface area contributed by atoms with Gasteiger partial charge in [0, 0.05) is 59.8 Å². The smallest absolute Gasteiger partial charge is 0.187 e. The number of aromatic nitrogens is 6. The number of nitrogens with zero attached hydrogens (tertiary/aromatic N) is 6. The van der Waals surface area contributed by atoms with E-state index in [0.717, 1.165) is 70.3 Å². The van der Waals surface area contributed by atoms with Crippen LogP contribution in [0, 0.1) is 0 Å². The van der Waals surface area contributed by atoms with Crippen molar-refractivity contribution in [3.05, 3.63) is 79.0 Å². The minimum Gasteiger partial charge on any atom is -0.493 e. The van der Waals surface area contributed by atoms with Crippen molar-refractivity contribution in [1.82, 2.24) is 29.7 Å². The summed E-state index contributed by atoms with van der Waals surface area (Å²) in [5.41, 5.74) is 6.34. The molecule has 0 N–H and O–H groups in total. The van der Waals surface area contributed by atoms with E-state index in [9.17, 15) is 0 Å². The SMILES string of the molecule is c1ccc(-c2nn3c(c2-c2ccnc4cc(OCCCSc5ncccn5)ccc24)CCC3)nc1. The van der Waals surface area contributed by atoms with Crippen LogP contribution >= 0.6 is 11.8 Å². The van der Waals surface area contributed by atoms with E-state index < -0.39 is 0 Å². The first-order chi connectivity index (χ1) is 17.4. The predicted molar refractivity (Wildman–Crippen MR) is 137 cm³/mol. The summed E-state index contributed by atoms with van der Waals surface area (Å²) < 4.78 is 8.17. The fraction of sp³-hybridized carbons (Fsp3) is 0.222. The van der Waals surface area contributed by atoms with Crippen molar-refractivity contribution in [2.45, 2.75) is 31.0 Å². The molecule has 4 aromatic heterocycles. The number of fused-ring (bicyclic) bond motifs is 2. The molecular formula is C27H24N6OS. The van der Waals surface area contributed by atoms with Gasteiger partial charge in [-0.25, -0.2) is 9.97 Å². The zero-order valence-corrected chi connectivity index (χ0v) is 20.0. The van der Waals surface area contributed by atoms with E-state index in [1.807, 2.05) is 48.8 Å². The van der Waals surface area contributed by atoms with E-state index in [-0.39, 0.29) is 0 Å². The number of rotatable bonds is 8. The molecule has 0 atom stereocenters. The van der Waals surface area contributed by atoms with Crippen LogP contribution in [0.4, 0.5) is 0 Å². The van der Waals surface area contributed by atoms with Gasteiger partial charge in [0.05, 0.1) is 17.8 Å². The quantitative estimate of drug-likeness (QED) is 0.166. The third kappa shape index (κ3) is 4.49. The highest BCUT2D eigenvalue weighted by atomic mass is 32.2. The summed E-state index contributed by atoms with van der Waals surface area (Å²) in [5.74, 6) is 1.73. The number of hydrogen-bond donors (Lipinski definition) is 0. The average molecular weight is 481 g/mol. The maximum Gasteiger partial charge on any atom is 0.187 e. The molecule has 174 valence electrons. The summed E-state index contributed by atoms with van der Waals surface area (Å²) >= 11 is 1.64. The maximum atomic E-state index is 6.03. The minimum atomic E-state index is 0.631. The Balaban J connectivity index is 1.24. The summed E-state index contributed by atoms with van der Waals surface area (Å²) in [6.45, 7) is 1.58. The van der Waals surface area contributed by atoms with Crippen molar-refractivity contribution in [3.63, 3.8) is 0 Å². The van der Waals surface area contributed by atoms with Crippen LogP contribution in [0.15, 0.2) is 78.5 Å². The molecule has 1 aromatic carbocycles. The van der Waals surface area contributed by atoms with Gasteiger partial charge in [-0.2, -0.15) is 5.10 Å². The molecule has 0 spiro atoms. The molecule has 6 rings (SSSR count). The maximum absolute atomic E-state index is 6.03. The van der Waals surface area contributed by atoms with E-state index in [4.69, 9.17) is 9.84 Å². The van der Waals surface area contributed by atoms with Crippen LogP contribution in [-0.4, -0.2) is 42.1 Å². The number of benzene rings is 1. The van der Waals surface area contributed by atoms with Crippen molar-refractivity contribution in [1.29, 1.82) is 0 Å². The topological polar surface area (TPSA) is 78.6 Å². The molecule has 1 aliphatic rings. The molecule has 0 amide bonds. The largest absolute Gasteiger partial charge is 0.493 e. The van der Waals surface area contributed by atoms with E-state index >= 15 is 0 Å². The highest BCUT2D eigenvalue weighted by Crippen LogP contribution is 2.40.